The fourth-order valence-electron chi connectivity index (χ4n) is 3.04. The normalized spacial score (nSPS) is 16.2. The highest BCUT2D eigenvalue weighted by atomic mass is 32.2. The lowest BCUT2D eigenvalue weighted by atomic mass is 9.75. The minimum atomic E-state index is -4.20. The molecule has 0 fully saturated rings. The summed E-state index contributed by atoms with van der Waals surface area (Å²) in [6.45, 7) is 5.30. The summed E-state index contributed by atoms with van der Waals surface area (Å²) in [7, 11) is -4.20. The third-order valence-corrected chi connectivity index (χ3v) is 5.71. The number of rotatable bonds is 3. The molecule has 0 spiro atoms. The monoisotopic (exact) mass is 378 g/mol. The minimum Gasteiger partial charge on any atom is -0.325 e. The number of carbonyl (C=O) groups is 2. The number of H-pyrrole nitrogens is 2. The Morgan fingerprint density at radius 2 is 1.96 bits per heavy atom. The topological polar surface area (TPSA) is 142 Å². The van der Waals surface area contributed by atoms with Gasteiger partial charge in [0, 0.05) is 17.7 Å². The number of aromatic nitrogens is 3. The number of hydrogen-bond acceptors (Lipinski definition) is 6. The van der Waals surface area contributed by atoms with Gasteiger partial charge in [0.15, 0.2) is 5.78 Å². The molecule has 1 amide bonds. The van der Waals surface area contributed by atoms with Gasteiger partial charge in [0.05, 0.1) is 11.9 Å². The van der Waals surface area contributed by atoms with Gasteiger partial charge >= 0.3 is 0 Å². The summed E-state index contributed by atoms with van der Waals surface area (Å²) in [6.07, 6.45) is 1.82. The average Bonchev–Trinajstić information content (AvgIpc) is 2.91. The summed E-state index contributed by atoms with van der Waals surface area (Å²) in [5, 5.41) is 6.06. The van der Waals surface area contributed by atoms with E-state index in [9.17, 15) is 22.8 Å². The van der Waals surface area contributed by atoms with Gasteiger partial charge in [0.2, 0.25) is 0 Å². The van der Waals surface area contributed by atoms with Crippen molar-refractivity contribution >= 4 is 21.7 Å². The largest absolute Gasteiger partial charge is 0.325 e. The van der Waals surface area contributed by atoms with E-state index in [-0.39, 0.29) is 33.8 Å². The van der Waals surface area contributed by atoms with Crippen LogP contribution in [0.3, 0.4) is 0 Å². The highest BCUT2D eigenvalue weighted by Gasteiger charge is 2.33. The Kier molecular flexibility index (Phi) is 4.10. The first-order valence-electron chi connectivity index (χ1n) is 7.87. The second-order valence-corrected chi connectivity index (χ2v) is 8.79. The van der Waals surface area contributed by atoms with E-state index < -0.39 is 27.1 Å². The van der Waals surface area contributed by atoms with Gasteiger partial charge in [-0.1, -0.05) is 13.8 Å². The Morgan fingerprint density at radius 1 is 1.27 bits per heavy atom. The van der Waals surface area contributed by atoms with Crippen LogP contribution in [0.25, 0.3) is 0 Å². The summed E-state index contributed by atoms with van der Waals surface area (Å²) in [5.41, 5.74) is -0.513. The molecular formula is C16H18N4O5S. The van der Waals surface area contributed by atoms with Crippen molar-refractivity contribution in [2.75, 3.05) is 0 Å². The van der Waals surface area contributed by atoms with Gasteiger partial charge in [0.1, 0.15) is 10.5 Å². The van der Waals surface area contributed by atoms with E-state index in [4.69, 9.17) is 0 Å². The Labute approximate surface area is 149 Å². The van der Waals surface area contributed by atoms with E-state index in [1.54, 1.807) is 0 Å². The van der Waals surface area contributed by atoms with Crippen LogP contribution >= 0.6 is 0 Å². The van der Waals surface area contributed by atoms with Crippen LogP contribution in [-0.4, -0.2) is 35.3 Å². The molecule has 2 aromatic rings. The summed E-state index contributed by atoms with van der Waals surface area (Å²) >= 11 is 0. The van der Waals surface area contributed by atoms with Crippen molar-refractivity contribution in [2.45, 2.75) is 38.5 Å². The molecule has 1 aliphatic rings. The number of carbonyl (C=O) groups excluding carboxylic acids is 2. The lowest BCUT2D eigenvalue weighted by Gasteiger charge is -2.29. The SMILES string of the molecule is Cc1[nH]ncc1S(=O)(=O)NC(=O)c1cc2c([nH]c1=O)CC(C)(C)CC2=O. The van der Waals surface area contributed by atoms with E-state index in [1.165, 1.54) is 13.0 Å². The first-order chi connectivity index (χ1) is 12.0. The molecule has 0 unspecified atom stereocenters. The number of nitrogens with one attached hydrogen (secondary N) is 3. The van der Waals surface area contributed by atoms with E-state index >= 15 is 0 Å². The zero-order chi connectivity index (χ0) is 19.3. The molecule has 26 heavy (non-hydrogen) atoms. The molecule has 0 aromatic carbocycles. The third-order valence-electron chi connectivity index (χ3n) is 4.26. The van der Waals surface area contributed by atoms with Gasteiger partial charge in [-0.2, -0.15) is 5.10 Å². The lowest BCUT2D eigenvalue weighted by Crippen LogP contribution is -2.37. The number of aromatic amines is 2. The Hall–Kier alpha value is -2.75. The predicted molar refractivity (Wildman–Crippen MR) is 91.5 cm³/mol. The zero-order valence-electron chi connectivity index (χ0n) is 14.5. The lowest BCUT2D eigenvalue weighted by molar-refractivity contribution is 0.0910. The van der Waals surface area contributed by atoms with Crippen molar-refractivity contribution < 1.29 is 18.0 Å². The average molecular weight is 378 g/mol. The quantitative estimate of drug-likeness (QED) is 0.717. The van der Waals surface area contributed by atoms with E-state index in [0.29, 0.717) is 12.1 Å². The number of sulfonamides is 1. The van der Waals surface area contributed by atoms with Crippen molar-refractivity contribution in [3.8, 4) is 0 Å². The Bertz CT molecular complexity index is 1080. The summed E-state index contributed by atoms with van der Waals surface area (Å²) in [5.74, 6) is -1.30. The number of fused-ring (bicyclic) bond motifs is 1. The van der Waals surface area contributed by atoms with Crippen LogP contribution in [0, 0.1) is 12.3 Å². The molecule has 0 atom stereocenters. The molecule has 3 N–H and O–H groups in total. The second-order valence-electron chi connectivity index (χ2n) is 7.14. The smallest absolute Gasteiger partial charge is 0.270 e. The number of Topliss-reactive ketones (excluding diaryl/α,β-unsaturated/α-hetero) is 1. The molecule has 138 valence electrons. The van der Waals surface area contributed by atoms with Crippen LogP contribution in [0.4, 0.5) is 0 Å². The maximum Gasteiger partial charge on any atom is 0.270 e. The van der Waals surface area contributed by atoms with Crippen molar-refractivity contribution in [3.05, 3.63) is 45.1 Å². The molecule has 0 aliphatic heterocycles. The van der Waals surface area contributed by atoms with Gasteiger partial charge in [-0.25, -0.2) is 13.1 Å². The Morgan fingerprint density at radius 3 is 2.58 bits per heavy atom. The maximum atomic E-state index is 12.4. The molecule has 3 rings (SSSR count). The zero-order valence-corrected chi connectivity index (χ0v) is 15.3. The maximum absolute atomic E-state index is 12.4. The molecule has 0 radical (unpaired) electrons. The molecule has 2 heterocycles. The number of nitrogens with zero attached hydrogens (tertiary/aromatic N) is 1. The van der Waals surface area contributed by atoms with Gasteiger partial charge < -0.3 is 4.98 Å². The van der Waals surface area contributed by atoms with E-state index in [0.717, 1.165) is 6.20 Å². The second kappa shape index (κ2) is 5.90. The highest BCUT2D eigenvalue weighted by Crippen LogP contribution is 2.33. The van der Waals surface area contributed by atoms with Gasteiger partial charge in [-0.15, -0.1) is 0 Å². The Balaban J connectivity index is 1.97. The van der Waals surface area contributed by atoms with Crippen LogP contribution in [-0.2, 0) is 16.4 Å². The number of pyridine rings is 1. The molecule has 0 saturated heterocycles. The standard InChI is InChI=1S/C16H18N4O5S/c1-8-13(7-17-19-8)26(24,25)20-15(23)10-4-9-11(18-14(10)22)5-16(2,3)6-12(9)21/h4,7H,5-6H2,1-3H3,(H,17,19)(H,18,22)(H,20,23). The first kappa shape index (κ1) is 18.1. The van der Waals surface area contributed by atoms with Crippen molar-refractivity contribution in [1.29, 1.82) is 0 Å². The van der Waals surface area contributed by atoms with Crippen LogP contribution < -0.4 is 10.3 Å². The molecule has 1 aliphatic carbocycles. The molecule has 0 bridgehead atoms. The van der Waals surface area contributed by atoms with Crippen LogP contribution in [0.2, 0.25) is 0 Å². The third kappa shape index (κ3) is 3.19. The minimum absolute atomic E-state index is 0.196. The molecule has 9 nitrogen and oxygen atoms in total. The van der Waals surface area contributed by atoms with Crippen molar-refractivity contribution in [2.24, 2.45) is 5.41 Å². The number of hydrogen-bond donors (Lipinski definition) is 3. The first-order valence-corrected chi connectivity index (χ1v) is 9.35. The molecule has 0 saturated carbocycles. The highest BCUT2D eigenvalue weighted by molar-refractivity contribution is 7.90. The van der Waals surface area contributed by atoms with Crippen LogP contribution in [0.1, 0.15) is 52.4 Å². The van der Waals surface area contributed by atoms with E-state index in [1.807, 2.05) is 18.6 Å². The molecule has 10 heteroatoms. The van der Waals surface area contributed by atoms with Crippen molar-refractivity contribution in [1.82, 2.24) is 19.9 Å². The van der Waals surface area contributed by atoms with E-state index in [2.05, 4.69) is 15.2 Å². The van der Waals surface area contributed by atoms with Crippen LogP contribution in [0.5, 0.6) is 0 Å². The number of ketones is 1. The van der Waals surface area contributed by atoms with Crippen LogP contribution in [0.15, 0.2) is 22.0 Å². The fourth-order valence-corrected chi connectivity index (χ4v) is 4.14. The number of aryl methyl sites for hydroxylation is 1. The summed E-state index contributed by atoms with van der Waals surface area (Å²) in [6, 6.07) is 1.17. The van der Waals surface area contributed by atoms with Gasteiger partial charge in [-0.3, -0.25) is 19.5 Å². The van der Waals surface area contributed by atoms with Gasteiger partial charge in [-0.05, 0) is 24.8 Å². The predicted octanol–water partition coefficient (Wildman–Crippen LogP) is 0.680. The molecular weight excluding hydrogens is 360 g/mol. The van der Waals surface area contributed by atoms with Gasteiger partial charge in [0.25, 0.3) is 21.5 Å². The van der Waals surface area contributed by atoms with Crippen molar-refractivity contribution in [3.63, 3.8) is 0 Å². The fraction of sp³-hybridized carbons (Fsp3) is 0.375. The summed E-state index contributed by atoms with van der Waals surface area (Å²) < 4.78 is 26.4. The number of amides is 1. The summed E-state index contributed by atoms with van der Waals surface area (Å²) in [4.78, 5) is 39.3. The molecule has 2 aromatic heterocycles.